The molecule has 0 spiro atoms. The number of likely N-dealkylation sites (tertiary alicyclic amines) is 1. The van der Waals surface area contributed by atoms with Crippen LogP contribution in [0.15, 0.2) is 59.5 Å². The van der Waals surface area contributed by atoms with Gasteiger partial charge in [0, 0.05) is 50.2 Å². The summed E-state index contributed by atoms with van der Waals surface area (Å²) in [6, 6.07) is 11.9. The molecule has 10 heteroatoms. The van der Waals surface area contributed by atoms with Gasteiger partial charge in [-0.05, 0) is 67.4 Å². The molecule has 41 heavy (non-hydrogen) atoms. The van der Waals surface area contributed by atoms with Crippen molar-refractivity contribution in [3.63, 3.8) is 0 Å². The number of aromatic nitrogens is 3. The van der Waals surface area contributed by atoms with E-state index in [0.717, 1.165) is 57.4 Å². The molecule has 4 aromatic heterocycles. The van der Waals surface area contributed by atoms with Crippen LogP contribution in [0.1, 0.15) is 45.9 Å². The highest BCUT2D eigenvalue weighted by Crippen LogP contribution is 2.39. The number of pyridine rings is 2. The molecule has 0 unspecified atom stereocenters. The standard InChI is InChI=1S/C31H31N7O3/c1-36(2)17-25-19(18-8-11-37(3)28(39)14-18)5-7-27(35-25)34-24-6-4-20(22-15-32-31(40)29(22)24)23-16-33-38-12-9-26-21(30(23)38)10-13-41-26/h4-7,9-10,12-13,16,18H,8,11,14-15,17H2,1-3H3,(H,32,40)(H,34,35)/t18-/m0/s1. The number of rotatable bonds is 6. The van der Waals surface area contributed by atoms with Gasteiger partial charge in [0.2, 0.25) is 5.91 Å². The third kappa shape index (κ3) is 4.31. The highest BCUT2D eigenvalue weighted by molar-refractivity contribution is 6.08. The van der Waals surface area contributed by atoms with Gasteiger partial charge in [-0.15, -0.1) is 0 Å². The first kappa shape index (κ1) is 25.3. The van der Waals surface area contributed by atoms with Crippen LogP contribution in [0.4, 0.5) is 11.5 Å². The molecule has 1 aromatic carbocycles. The number of nitrogens with zero attached hydrogens (tertiary/aromatic N) is 5. The molecular formula is C31H31N7O3. The first-order valence-electron chi connectivity index (χ1n) is 13.8. The Kier molecular flexibility index (Phi) is 6.01. The zero-order valence-electron chi connectivity index (χ0n) is 23.3. The summed E-state index contributed by atoms with van der Waals surface area (Å²) >= 11 is 0. The summed E-state index contributed by atoms with van der Waals surface area (Å²) < 4.78 is 7.46. The maximum atomic E-state index is 13.1. The van der Waals surface area contributed by atoms with E-state index in [2.05, 4.69) is 26.7 Å². The number of fused-ring (bicyclic) bond motifs is 4. The Balaban J connectivity index is 1.26. The van der Waals surface area contributed by atoms with Crippen molar-refractivity contribution in [2.75, 3.05) is 33.0 Å². The van der Waals surface area contributed by atoms with E-state index >= 15 is 0 Å². The summed E-state index contributed by atoms with van der Waals surface area (Å²) in [5, 5.41) is 12.0. The molecule has 1 fully saturated rings. The van der Waals surface area contributed by atoms with Crippen molar-refractivity contribution in [3.05, 3.63) is 77.4 Å². The molecule has 5 aromatic rings. The van der Waals surface area contributed by atoms with Crippen molar-refractivity contribution >= 4 is 39.8 Å². The van der Waals surface area contributed by atoms with Crippen molar-refractivity contribution in [3.8, 4) is 11.1 Å². The minimum absolute atomic E-state index is 0.121. The second kappa shape index (κ2) is 9.74. The average Bonchev–Trinajstić information content (AvgIpc) is 3.69. The second-order valence-corrected chi connectivity index (χ2v) is 11.2. The lowest BCUT2D eigenvalue weighted by atomic mass is 9.88. The molecule has 2 aliphatic rings. The second-order valence-electron chi connectivity index (χ2n) is 11.2. The van der Waals surface area contributed by atoms with Gasteiger partial charge >= 0.3 is 0 Å². The van der Waals surface area contributed by atoms with Crippen LogP contribution in [0.3, 0.4) is 0 Å². The lowest BCUT2D eigenvalue weighted by Crippen LogP contribution is -2.35. The molecule has 2 aliphatic heterocycles. The molecular weight excluding hydrogens is 518 g/mol. The first-order chi connectivity index (χ1) is 19.9. The van der Waals surface area contributed by atoms with E-state index in [4.69, 9.17) is 9.40 Å². The van der Waals surface area contributed by atoms with Crippen molar-refractivity contribution in [1.29, 1.82) is 0 Å². The molecule has 0 aliphatic carbocycles. The van der Waals surface area contributed by atoms with Crippen molar-refractivity contribution in [2.24, 2.45) is 0 Å². The van der Waals surface area contributed by atoms with E-state index in [0.29, 0.717) is 36.6 Å². The fourth-order valence-electron chi connectivity index (χ4n) is 6.16. The minimum Gasteiger partial charge on any atom is -0.464 e. The summed E-state index contributed by atoms with van der Waals surface area (Å²) in [5.41, 5.74) is 7.92. The van der Waals surface area contributed by atoms with E-state index in [9.17, 15) is 9.59 Å². The Hall–Kier alpha value is -4.70. The van der Waals surface area contributed by atoms with Crippen LogP contribution in [0, 0.1) is 0 Å². The van der Waals surface area contributed by atoms with Crippen LogP contribution in [-0.4, -0.2) is 63.9 Å². The van der Waals surface area contributed by atoms with Crippen molar-refractivity contribution in [2.45, 2.75) is 31.8 Å². The van der Waals surface area contributed by atoms with E-state index < -0.39 is 0 Å². The first-order valence-corrected chi connectivity index (χ1v) is 13.8. The molecule has 6 heterocycles. The predicted octanol–water partition coefficient (Wildman–Crippen LogP) is 4.53. The fraction of sp³-hybridized carbons (Fsp3) is 0.290. The molecule has 2 amide bonds. The smallest absolute Gasteiger partial charge is 0.254 e. The normalized spacial score (nSPS) is 17.1. The maximum absolute atomic E-state index is 13.1. The van der Waals surface area contributed by atoms with Gasteiger partial charge in [0.25, 0.3) is 5.91 Å². The highest BCUT2D eigenvalue weighted by atomic mass is 16.3. The van der Waals surface area contributed by atoms with Crippen LogP contribution < -0.4 is 10.6 Å². The number of benzene rings is 1. The topological polar surface area (TPSA) is 108 Å². The van der Waals surface area contributed by atoms with Gasteiger partial charge in [0.1, 0.15) is 11.4 Å². The number of amides is 2. The molecule has 7 rings (SSSR count). The SMILES string of the molecule is CN(C)Cc1nc(Nc2ccc(-c3cnn4ccc5occc5c34)c3c2C(=O)NC3)ccc1[C@H]1CCN(C)C(=O)C1. The van der Waals surface area contributed by atoms with E-state index in [1.54, 1.807) is 11.2 Å². The number of furan rings is 1. The van der Waals surface area contributed by atoms with Crippen molar-refractivity contribution in [1.82, 2.24) is 29.7 Å². The summed E-state index contributed by atoms with van der Waals surface area (Å²) in [6.07, 6.45) is 6.81. The van der Waals surface area contributed by atoms with Gasteiger partial charge in [-0.25, -0.2) is 9.50 Å². The molecule has 0 radical (unpaired) electrons. The van der Waals surface area contributed by atoms with Crippen LogP contribution in [-0.2, 0) is 17.9 Å². The fourth-order valence-corrected chi connectivity index (χ4v) is 6.16. The average molecular weight is 550 g/mol. The zero-order valence-corrected chi connectivity index (χ0v) is 23.3. The lowest BCUT2D eigenvalue weighted by molar-refractivity contribution is -0.132. The monoisotopic (exact) mass is 549 g/mol. The maximum Gasteiger partial charge on any atom is 0.254 e. The summed E-state index contributed by atoms with van der Waals surface area (Å²) in [4.78, 5) is 34.4. The molecule has 1 atom stereocenters. The van der Waals surface area contributed by atoms with Gasteiger partial charge < -0.3 is 24.9 Å². The number of piperidine rings is 1. The summed E-state index contributed by atoms with van der Waals surface area (Å²) in [7, 11) is 5.89. The summed E-state index contributed by atoms with van der Waals surface area (Å²) in [6.45, 7) is 1.83. The van der Waals surface area contributed by atoms with Gasteiger partial charge in [0.05, 0.1) is 34.9 Å². The highest BCUT2D eigenvalue weighted by Gasteiger charge is 2.29. The Morgan fingerprint density at radius 2 is 2.00 bits per heavy atom. The van der Waals surface area contributed by atoms with E-state index in [1.807, 2.05) is 68.4 Å². The largest absolute Gasteiger partial charge is 0.464 e. The predicted molar refractivity (Wildman–Crippen MR) is 156 cm³/mol. The molecule has 208 valence electrons. The molecule has 0 saturated carbocycles. The Bertz CT molecular complexity index is 1840. The number of nitrogens with one attached hydrogen (secondary N) is 2. The van der Waals surface area contributed by atoms with Crippen LogP contribution in [0.2, 0.25) is 0 Å². The molecule has 0 bridgehead atoms. The number of hydrogen-bond donors (Lipinski definition) is 2. The third-order valence-corrected chi connectivity index (χ3v) is 8.21. The van der Waals surface area contributed by atoms with Gasteiger partial charge in [-0.1, -0.05) is 12.1 Å². The van der Waals surface area contributed by atoms with Crippen LogP contribution in [0.25, 0.3) is 27.6 Å². The Morgan fingerprint density at radius 1 is 1.12 bits per heavy atom. The van der Waals surface area contributed by atoms with Gasteiger partial charge in [-0.2, -0.15) is 5.10 Å². The molecule has 10 nitrogen and oxygen atoms in total. The van der Waals surface area contributed by atoms with Crippen LogP contribution >= 0.6 is 0 Å². The number of anilines is 2. The third-order valence-electron chi connectivity index (χ3n) is 8.21. The molecule has 2 N–H and O–H groups in total. The van der Waals surface area contributed by atoms with Crippen molar-refractivity contribution < 1.29 is 14.0 Å². The minimum atomic E-state index is -0.121. The van der Waals surface area contributed by atoms with Gasteiger partial charge in [0.15, 0.2) is 0 Å². The van der Waals surface area contributed by atoms with Gasteiger partial charge in [-0.3, -0.25) is 9.59 Å². The number of hydrogen-bond acceptors (Lipinski definition) is 7. The number of carbonyl (C=O) groups excluding carboxylic acids is 2. The zero-order chi connectivity index (χ0) is 28.2. The Morgan fingerprint density at radius 3 is 2.83 bits per heavy atom. The van der Waals surface area contributed by atoms with E-state index in [1.165, 1.54) is 0 Å². The molecule has 1 saturated heterocycles. The Labute approximate surface area is 236 Å². The van der Waals surface area contributed by atoms with E-state index in [-0.39, 0.29) is 17.7 Å². The van der Waals surface area contributed by atoms with Crippen LogP contribution in [0.5, 0.6) is 0 Å². The lowest BCUT2D eigenvalue weighted by Gasteiger charge is -2.30. The number of carbonyl (C=O) groups is 2. The quantitative estimate of drug-likeness (QED) is 0.321. The summed E-state index contributed by atoms with van der Waals surface area (Å²) in [5.74, 6) is 0.859.